The summed E-state index contributed by atoms with van der Waals surface area (Å²) in [5, 5.41) is 4.22. The molecule has 0 atom stereocenters. The van der Waals surface area contributed by atoms with Gasteiger partial charge in [-0.1, -0.05) is 35.6 Å². The Labute approximate surface area is 157 Å². The third-order valence-electron chi connectivity index (χ3n) is 4.44. The van der Waals surface area contributed by atoms with Gasteiger partial charge in [-0.05, 0) is 41.5 Å². The molecule has 0 amide bonds. The SMILES string of the molecule is COc1cccc(-c2ccnc3[nH]n(-c4nc5ccccc5s4)c(=O)c23)c1. The fourth-order valence-electron chi connectivity index (χ4n) is 3.15. The first kappa shape index (κ1) is 15.8. The minimum absolute atomic E-state index is 0.171. The van der Waals surface area contributed by atoms with E-state index in [0.29, 0.717) is 16.2 Å². The van der Waals surface area contributed by atoms with Gasteiger partial charge in [-0.25, -0.2) is 9.97 Å². The summed E-state index contributed by atoms with van der Waals surface area (Å²) in [6.45, 7) is 0. The first-order chi connectivity index (χ1) is 13.2. The summed E-state index contributed by atoms with van der Waals surface area (Å²) >= 11 is 1.46. The second-order valence-electron chi connectivity index (χ2n) is 6.03. The lowest BCUT2D eigenvalue weighted by molar-refractivity contribution is 0.415. The quantitative estimate of drug-likeness (QED) is 0.518. The number of hydrogen-bond acceptors (Lipinski definition) is 5. The van der Waals surface area contributed by atoms with Crippen LogP contribution in [0.15, 0.2) is 65.6 Å². The number of aromatic nitrogens is 4. The topological polar surface area (TPSA) is 72.8 Å². The summed E-state index contributed by atoms with van der Waals surface area (Å²) in [6.07, 6.45) is 1.69. The van der Waals surface area contributed by atoms with E-state index in [1.165, 1.54) is 16.0 Å². The van der Waals surface area contributed by atoms with Crippen molar-refractivity contribution in [2.75, 3.05) is 7.11 Å². The van der Waals surface area contributed by atoms with Crippen molar-refractivity contribution in [1.29, 1.82) is 0 Å². The molecule has 0 saturated carbocycles. The lowest BCUT2D eigenvalue weighted by Crippen LogP contribution is -2.14. The smallest absolute Gasteiger partial charge is 0.283 e. The van der Waals surface area contributed by atoms with Gasteiger partial charge in [0.1, 0.15) is 5.75 Å². The third-order valence-corrected chi connectivity index (χ3v) is 5.46. The average molecular weight is 374 g/mol. The second-order valence-corrected chi connectivity index (χ2v) is 7.04. The van der Waals surface area contributed by atoms with Gasteiger partial charge in [-0.2, -0.15) is 4.68 Å². The molecule has 0 aliphatic heterocycles. The van der Waals surface area contributed by atoms with Gasteiger partial charge in [0.25, 0.3) is 5.56 Å². The summed E-state index contributed by atoms with van der Waals surface area (Å²) in [5.74, 6) is 0.736. The molecule has 0 spiro atoms. The van der Waals surface area contributed by atoms with Crippen molar-refractivity contribution in [2.24, 2.45) is 0 Å². The summed E-state index contributed by atoms with van der Waals surface area (Å²) in [4.78, 5) is 22.1. The zero-order valence-electron chi connectivity index (χ0n) is 14.3. The van der Waals surface area contributed by atoms with E-state index in [1.807, 2.05) is 54.6 Å². The van der Waals surface area contributed by atoms with E-state index in [1.54, 1.807) is 13.3 Å². The number of rotatable bonds is 3. The predicted octanol–water partition coefficient (Wildman–Crippen LogP) is 4.00. The molecule has 0 aliphatic carbocycles. The Balaban J connectivity index is 1.75. The Kier molecular flexibility index (Phi) is 3.54. The molecule has 3 heterocycles. The second kappa shape index (κ2) is 6.07. The van der Waals surface area contributed by atoms with Gasteiger partial charge < -0.3 is 4.74 Å². The maximum absolute atomic E-state index is 13.2. The lowest BCUT2D eigenvalue weighted by Gasteiger charge is -2.05. The van der Waals surface area contributed by atoms with E-state index in [4.69, 9.17) is 4.74 Å². The van der Waals surface area contributed by atoms with E-state index in [2.05, 4.69) is 15.1 Å². The monoisotopic (exact) mass is 374 g/mol. The summed E-state index contributed by atoms with van der Waals surface area (Å²) in [5.41, 5.74) is 2.92. The highest BCUT2D eigenvalue weighted by Crippen LogP contribution is 2.29. The Morgan fingerprint density at radius 3 is 2.85 bits per heavy atom. The number of para-hydroxylation sites is 1. The zero-order valence-corrected chi connectivity index (χ0v) is 15.2. The molecule has 6 nitrogen and oxygen atoms in total. The van der Waals surface area contributed by atoms with Gasteiger partial charge in [0.05, 0.1) is 22.7 Å². The number of benzene rings is 2. The highest BCUT2D eigenvalue weighted by molar-refractivity contribution is 7.20. The number of nitrogens with zero attached hydrogens (tertiary/aromatic N) is 3. The molecule has 0 aliphatic rings. The van der Waals surface area contributed by atoms with Crippen molar-refractivity contribution in [3.8, 4) is 22.0 Å². The fourth-order valence-corrected chi connectivity index (χ4v) is 4.08. The number of H-pyrrole nitrogens is 1. The van der Waals surface area contributed by atoms with Crippen molar-refractivity contribution in [3.63, 3.8) is 0 Å². The van der Waals surface area contributed by atoms with Crippen LogP contribution in [0.1, 0.15) is 0 Å². The molecule has 5 rings (SSSR count). The van der Waals surface area contributed by atoms with E-state index in [0.717, 1.165) is 27.1 Å². The van der Waals surface area contributed by atoms with Crippen molar-refractivity contribution in [2.45, 2.75) is 0 Å². The van der Waals surface area contributed by atoms with E-state index in [-0.39, 0.29) is 5.56 Å². The molecule has 7 heteroatoms. The number of pyridine rings is 1. The number of thiazole rings is 1. The molecular formula is C20H14N4O2S. The first-order valence-electron chi connectivity index (χ1n) is 8.35. The Morgan fingerprint density at radius 2 is 2.00 bits per heavy atom. The lowest BCUT2D eigenvalue weighted by atomic mass is 10.0. The highest BCUT2D eigenvalue weighted by atomic mass is 32.1. The molecule has 27 heavy (non-hydrogen) atoms. The van der Waals surface area contributed by atoms with Gasteiger partial charge >= 0.3 is 0 Å². The van der Waals surface area contributed by atoms with E-state index < -0.39 is 0 Å². The molecule has 0 saturated heterocycles. The number of ether oxygens (including phenoxy) is 1. The largest absolute Gasteiger partial charge is 0.497 e. The van der Waals surface area contributed by atoms with Crippen LogP contribution in [-0.4, -0.2) is 26.9 Å². The van der Waals surface area contributed by atoms with Crippen LogP contribution in [0.25, 0.3) is 37.5 Å². The molecule has 2 aromatic carbocycles. The maximum Gasteiger partial charge on any atom is 0.283 e. The number of nitrogens with one attached hydrogen (secondary N) is 1. The van der Waals surface area contributed by atoms with E-state index >= 15 is 0 Å². The summed E-state index contributed by atoms with van der Waals surface area (Å²) in [6, 6.07) is 17.3. The van der Waals surface area contributed by atoms with Crippen LogP contribution in [0.4, 0.5) is 0 Å². The summed E-state index contributed by atoms with van der Waals surface area (Å²) < 4.78 is 7.80. The first-order valence-corrected chi connectivity index (χ1v) is 9.16. The maximum atomic E-state index is 13.2. The third kappa shape index (κ3) is 2.51. The normalized spacial score (nSPS) is 11.3. The van der Waals surface area contributed by atoms with Crippen molar-refractivity contribution in [1.82, 2.24) is 19.7 Å². The molecule has 3 aromatic heterocycles. The molecule has 0 radical (unpaired) electrons. The van der Waals surface area contributed by atoms with Crippen molar-refractivity contribution >= 4 is 32.6 Å². The van der Waals surface area contributed by atoms with Crippen LogP contribution in [0.5, 0.6) is 5.75 Å². The molecule has 0 unspecified atom stereocenters. The number of methoxy groups -OCH3 is 1. The Morgan fingerprint density at radius 1 is 1.11 bits per heavy atom. The van der Waals surface area contributed by atoms with Crippen LogP contribution in [0.3, 0.4) is 0 Å². The van der Waals surface area contributed by atoms with Gasteiger partial charge in [-0.15, -0.1) is 0 Å². The van der Waals surface area contributed by atoms with Crippen LogP contribution >= 0.6 is 11.3 Å². The Hall–Kier alpha value is -3.45. The minimum atomic E-state index is -0.171. The molecule has 0 bridgehead atoms. The Bertz CT molecular complexity index is 1320. The van der Waals surface area contributed by atoms with Gasteiger partial charge in [0.2, 0.25) is 5.13 Å². The van der Waals surface area contributed by atoms with Crippen LogP contribution < -0.4 is 10.3 Å². The fraction of sp³-hybridized carbons (Fsp3) is 0.0500. The van der Waals surface area contributed by atoms with Gasteiger partial charge in [0, 0.05) is 6.20 Å². The predicted molar refractivity (Wildman–Crippen MR) is 107 cm³/mol. The summed E-state index contributed by atoms with van der Waals surface area (Å²) in [7, 11) is 1.62. The number of hydrogen-bond donors (Lipinski definition) is 1. The molecule has 5 aromatic rings. The standard InChI is InChI=1S/C20H14N4O2S/c1-26-13-6-4-5-12(11-13)14-9-10-21-18-17(14)19(25)24(23-18)20-22-15-7-2-3-8-16(15)27-20/h2-11H,1H3,(H,21,23). The average Bonchev–Trinajstić information content (AvgIpc) is 3.29. The van der Waals surface area contributed by atoms with E-state index in [9.17, 15) is 4.79 Å². The van der Waals surface area contributed by atoms with Crippen LogP contribution in [-0.2, 0) is 0 Å². The van der Waals surface area contributed by atoms with Crippen molar-refractivity contribution in [3.05, 3.63) is 71.1 Å². The molecular weight excluding hydrogens is 360 g/mol. The number of fused-ring (bicyclic) bond motifs is 2. The molecule has 132 valence electrons. The van der Waals surface area contributed by atoms with Gasteiger partial charge in [0.15, 0.2) is 5.65 Å². The van der Waals surface area contributed by atoms with Crippen LogP contribution in [0, 0.1) is 0 Å². The number of aromatic amines is 1. The zero-order chi connectivity index (χ0) is 18.4. The molecule has 0 fully saturated rings. The highest BCUT2D eigenvalue weighted by Gasteiger charge is 2.17. The minimum Gasteiger partial charge on any atom is -0.497 e. The molecule has 1 N–H and O–H groups in total. The van der Waals surface area contributed by atoms with Crippen molar-refractivity contribution < 1.29 is 4.74 Å². The van der Waals surface area contributed by atoms with Crippen LogP contribution in [0.2, 0.25) is 0 Å². The van der Waals surface area contributed by atoms with Gasteiger partial charge in [-0.3, -0.25) is 9.89 Å².